The van der Waals surface area contributed by atoms with Gasteiger partial charge in [0.2, 0.25) is 11.8 Å². The summed E-state index contributed by atoms with van der Waals surface area (Å²) in [7, 11) is 0. The van der Waals surface area contributed by atoms with Gasteiger partial charge in [0, 0.05) is 34.1 Å². The Balaban J connectivity index is 1.31. The fraction of sp³-hybridized carbons (Fsp3) is 0.611. The second kappa shape index (κ2) is 5.41. The molecule has 2 aromatic rings. The van der Waals surface area contributed by atoms with Crippen LogP contribution in [0.5, 0.6) is 0 Å². The Hall–Kier alpha value is -1.69. The second-order valence-electron chi connectivity index (χ2n) is 7.35. The first-order chi connectivity index (χ1) is 11.7. The summed E-state index contributed by atoms with van der Waals surface area (Å²) >= 11 is 1.82. The quantitative estimate of drug-likeness (QED) is 0.847. The maximum absolute atomic E-state index is 13.0. The van der Waals surface area contributed by atoms with E-state index in [2.05, 4.69) is 29.2 Å². The molecule has 2 saturated carbocycles. The van der Waals surface area contributed by atoms with Crippen molar-refractivity contribution >= 4 is 17.2 Å². The fourth-order valence-corrected chi connectivity index (χ4v) is 4.88. The van der Waals surface area contributed by atoms with E-state index in [1.165, 1.54) is 9.75 Å². The van der Waals surface area contributed by atoms with Gasteiger partial charge in [0.25, 0.3) is 0 Å². The SMILES string of the molecule is Cc1ccc(C2CC2C(=O)N2CCCC2c2noc(C3CC3)n2)s1. The number of thiophene rings is 1. The molecule has 1 aliphatic heterocycles. The van der Waals surface area contributed by atoms with Gasteiger partial charge in [0.15, 0.2) is 5.82 Å². The average Bonchev–Trinajstić information content (AvgIpc) is 3.42. The molecule has 3 fully saturated rings. The topological polar surface area (TPSA) is 59.2 Å². The molecule has 5 rings (SSSR count). The predicted octanol–water partition coefficient (Wildman–Crippen LogP) is 3.78. The van der Waals surface area contributed by atoms with Gasteiger partial charge in [-0.1, -0.05) is 5.16 Å². The molecule has 3 heterocycles. The number of amides is 1. The first-order valence-corrected chi connectivity index (χ1v) is 9.72. The lowest BCUT2D eigenvalue weighted by Crippen LogP contribution is -2.32. The molecule has 2 aromatic heterocycles. The van der Waals surface area contributed by atoms with Crippen molar-refractivity contribution in [1.82, 2.24) is 15.0 Å². The number of aryl methyl sites for hydroxylation is 1. The van der Waals surface area contributed by atoms with Gasteiger partial charge < -0.3 is 9.42 Å². The van der Waals surface area contributed by atoms with E-state index >= 15 is 0 Å². The van der Waals surface area contributed by atoms with Crippen LogP contribution in [0.15, 0.2) is 16.7 Å². The standard InChI is InChI=1S/C18H21N3O2S/c1-10-4-7-15(24-10)12-9-13(12)18(22)21-8-2-3-14(21)16-19-17(23-20-16)11-5-6-11/h4,7,11-14H,2-3,5-6,8-9H2,1H3. The Labute approximate surface area is 145 Å². The molecular formula is C18H21N3O2S. The zero-order valence-electron chi connectivity index (χ0n) is 13.8. The van der Waals surface area contributed by atoms with Crippen molar-refractivity contribution in [3.05, 3.63) is 33.6 Å². The zero-order chi connectivity index (χ0) is 16.3. The summed E-state index contributed by atoms with van der Waals surface area (Å²) in [5, 5.41) is 4.17. The monoisotopic (exact) mass is 343 g/mol. The number of nitrogens with zero attached hydrogens (tertiary/aromatic N) is 3. The average molecular weight is 343 g/mol. The Morgan fingerprint density at radius 3 is 2.96 bits per heavy atom. The molecule has 0 N–H and O–H groups in total. The van der Waals surface area contributed by atoms with Crippen LogP contribution in [0.4, 0.5) is 0 Å². The number of hydrogen-bond donors (Lipinski definition) is 0. The summed E-state index contributed by atoms with van der Waals surface area (Å²) in [6.07, 6.45) is 5.27. The molecule has 0 spiro atoms. The Kier molecular flexibility index (Phi) is 3.30. The van der Waals surface area contributed by atoms with E-state index in [1.54, 1.807) is 0 Å². The first-order valence-electron chi connectivity index (χ1n) is 8.91. The Morgan fingerprint density at radius 2 is 2.21 bits per heavy atom. The van der Waals surface area contributed by atoms with Crippen molar-refractivity contribution in [3.63, 3.8) is 0 Å². The molecular weight excluding hydrogens is 322 g/mol. The summed E-state index contributed by atoms with van der Waals surface area (Å²) < 4.78 is 5.40. The predicted molar refractivity (Wildman–Crippen MR) is 89.9 cm³/mol. The molecule has 5 nitrogen and oxygen atoms in total. The first kappa shape index (κ1) is 14.6. The van der Waals surface area contributed by atoms with E-state index in [1.807, 2.05) is 16.2 Å². The second-order valence-corrected chi connectivity index (χ2v) is 8.67. The van der Waals surface area contributed by atoms with Crippen LogP contribution in [0, 0.1) is 12.8 Å². The molecule has 0 bridgehead atoms. The van der Waals surface area contributed by atoms with Gasteiger partial charge in [-0.3, -0.25) is 4.79 Å². The minimum atomic E-state index is 0.0140. The number of aromatic nitrogens is 2. The normalized spacial score (nSPS) is 29.2. The van der Waals surface area contributed by atoms with Gasteiger partial charge >= 0.3 is 0 Å². The van der Waals surface area contributed by atoms with Crippen molar-refractivity contribution in [3.8, 4) is 0 Å². The summed E-state index contributed by atoms with van der Waals surface area (Å²) in [6.45, 7) is 2.95. The lowest BCUT2D eigenvalue weighted by molar-refractivity contribution is -0.133. The molecule has 1 saturated heterocycles. The highest BCUT2D eigenvalue weighted by molar-refractivity contribution is 7.12. The van der Waals surface area contributed by atoms with Crippen LogP contribution >= 0.6 is 11.3 Å². The summed E-state index contributed by atoms with van der Waals surface area (Å²) in [5.74, 6) is 2.80. The minimum absolute atomic E-state index is 0.0140. The number of carbonyl (C=O) groups is 1. The number of hydrogen-bond acceptors (Lipinski definition) is 5. The van der Waals surface area contributed by atoms with Crippen molar-refractivity contribution in [2.24, 2.45) is 5.92 Å². The lowest BCUT2D eigenvalue weighted by Gasteiger charge is -2.22. The van der Waals surface area contributed by atoms with Crippen molar-refractivity contribution in [1.29, 1.82) is 0 Å². The van der Waals surface area contributed by atoms with Crippen molar-refractivity contribution in [2.45, 2.75) is 56.9 Å². The number of carbonyl (C=O) groups excluding carboxylic acids is 1. The number of likely N-dealkylation sites (tertiary alicyclic amines) is 1. The van der Waals surface area contributed by atoms with E-state index in [-0.39, 0.29) is 17.9 Å². The molecule has 0 radical (unpaired) electrons. The molecule has 6 heteroatoms. The van der Waals surface area contributed by atoms with Crippen LogP contribution in [0.25, 0.3) is 0 Å². The zero-order valence-corrected chi connectivity index (χ0v) is 14.6. The molecule has 126 valence electrons. The molecule has 3 atom stereocenters. The van der Waals surface area contributed by atoms with Crippen LogP contribution in [-0.4, -0.2) is 27.5 Å². The number of rotatable bonds is 4. The lowest BCUT2D eigenvalue weighted by atomic mass is 10.2. The molecule has 0 aromatic carbocycles. The fourth-order valence-electron chi connectivity index (χ4n) is 3.83. The third-order valence-electron chi connectivity index (χ3n) is 5.45. The highest BCUT2D eigenvalue weighted by Crippen LogP contribution is 2.52. The van der Waals surface area contributed by atoms with Crippen LogP contribution in [0.3, 0.4) is 0 Å². The van der Waals surface area contributed by atoms with Crippen LogP contribution in [0.1, 0.15) is 71.5 Å². The minimum Gasteiger partial charge on any atom is -0.339 e. The largest absolute Gasteiger partial charge is 0.339 e. The highest BCUT2D eigenvalue weighted by atomic mass is 32.1. The molecule has 1 amide bonds. The van der Waals surface area contributed by atoms with Gasteiger partial charge in [0.05, 0.1) is 6.04 Å². The maximum Gasteiger partial charge on any atom is 0.229 e. The van der Waals surface area contributed by atoms with E-state index in [0.29, 0.717) is 17.7 Å². The van der Waals surface area contributed by atoms with Gasteiger partial charge in [0.1, 0.15) is 0 Å². The summed E-state index contributed by atoms with van der Waals surface area (Å²) in [5.41, 5.74) is 0. The summed E-state index contributed by atoms with van der Waals surface area (Å²) in [6, 6.07) is 4.35. The summed E-state index contributed by atoms with van der Waals surface area (Å²) in [4.78, 5) is 22.2. The van der Waals surface area contributed by atoms with Crippen molar-refractivity contribution < 1.29 is 9.32 Å². The van der Waals surface area contributed by atoms with Gasteiger partial charge in [-0.2, -0.15) is 4.98 Å². The van der Waals surface area contributed by atoms with Gasteiger partial charge in [-0.25, -0.2) is 0 Å². The van der Waals surface area contributed by atoms with Crippen molar-refractivity contribution in [2.75, 3.05) is 6.54 Å². The molecule has 2 aliphatic carbocycles. The third kappa shape index (κ3) is 2.48. The highest BCUT2D eigenvalue weighted by Gasteiger charge is 2.49. The van der Waals surface area contributed by atoms with Gasteiger partial charge in [-0.05, 0) is 51.2 Å². The van der Waals surface area contributed by atoms with Crippen LogP contribution in [0.2, 0.25) is 0 Å². The molecule has 3 aliphatic rings. The van der Waals surface area contributed by atoms with E-state index in [9.17, 15) is 4.79 Å². The van der Waals surface area contributed by atoms with Crippen LogP contribution in [-0.2, 0) is 4.79 Å². The van der Waals surface area contributed by atoms with E-state index < -0.39 is 0 Å². The van der Waals surface area contributed by atoms with E-state index in [0.717, 1.165) is 44.5 Å². The van der Waals surface area contributed by atoms with Crippen LogP contribution < -0.4 is 0 Å². The molecule has 3 unspecified atom stereocenters. The Bertz CT molecular complexity index is 779. The van der Waals surface area contributed by atoms with Gasteiger partial charge in [-0.15, -0.1) is 11.3 Å². The smallest absolute Gasteiger partial charge is 0.229 e. The third-order valence-corrected chi connectivity index (χ3v) is 6.58. The maximum atomic E-state index is 13.0. The van der Waals surface area contributed by atoms with E-state index in [4.69, 9.17) is 4.52 Å². The Morgan fingerprint density at radius 1 is 1.33 bits per heavy atom. The molecule has 24 heavy (non-hydrogen) atoms.